The maximum atomic E-state index is 12.2. The molecule has 1 saturated heterocycles. The lowest BCUT2D eigenvalue weighted by Gasteiger charge is -2.26. The van der Waals surface area contributed by atoms with Gasteiger partial charge in [-0.25, -0.2) is 4.79 Å². The van der Waals surface area contributed by atoms with Crippen LogP contribution in [0.2, 0.25) is 5.02 Å². The fourth-order valence-electron chi connectivity index (χ4n) is 3.80. The number of thiophene rings is 1. The Morgan fingerprint density at radius 3 is 3.14 bits per heavy atom. The van der Waals surface area contributed by atoms with Crippen LogP contribution in [0, 0.1) is 0 Å². The standard InChI is InChI=1S/C20H20ClN3O3S/c1-2-26-20(25)24-8-7-12-15(10-24)28-19-16(12)17(11-5-3-4-6-13(11)21)22-9-14-18(23-19)27-14/h3-6,14,18,23H,2,7-10H2,1H3. The van der Waals surface area contributed by atoms with Gasteiger partial charge in [-0.3, -0.25) is 4.99 Å². The van der Waals surface area contributed by atoms with Crippen LogP contribution in [0.3, 0.4) is 0 Å². The number of carbonyl (C=O) groups excluding carboxylic acids is 1. The van der Waals surface area contributed by atoms with Gasteiger partial charge in [0.2, 0.25) is 0 Å². The minimum Gasteiger partial charge on any atom is -0.450 e. The first-order valence-corrected chi connectivity index (χ1v) is 10.6. The van der Waals surface area contributed by atoms with E-state index in [2.05, 4.69) is 5.32 Å². The minimum atomic E-state index is -0.257. The molecule has 0 aliphatic carbocycles. The number of ether oxygens (including phenoxy) is 2. The molecule has 1 amide bonds. The number of anilines is 1. The average molecular weight is 418 g/mol. The third kappa shape index (κ3) is 3.07. The third-order valence-electron chi connectivity index (χ3n) is 5.23. The van der Waals surface area contributed by atoms with E-state index in [1.807, 2.05) is 31.2 Å². The highest BCUT2D eigenvalue weighted by molar-refractivity contribution is 7.16. The second-order valence-corrected chi connectivity index (χ2v) is 8.50. The van der Waals surface area contributed by atoms with Gasteiger partial charge in [0.1, 0.15) is 11.1 Å². The predicted molar refractivity (Wildman–Crippen MR) is 110 cm³/mol. The van der Waals surface area contributed by atoms with Gasteiger partial charge in [0, 0.05) is 27.6 Å². The fraction of sp³-hybridized carbons (Fsp3) is 0.400. The number of aliphatic imine (C=N–C) groups is 1. The fourth-order valence-corrected chi connectivity index (χ4v) is 5.31. The van der Waals surface area contributed by atoms with Crippen LogP contribution in [0.5, 0.6) is 0 Å². The van der Waals surface area contributed by atoms with Crippen molar-refractivity contribution in [2.45, 2.75) is 32.2 Å². The van der Waals surface area contributed by atoms with Crippen LogP contribution in [-0.4, -0.2) is 48.7 Å². The molecule has 2 aromatic rings. The summed E-state index contributed by atoms with van der Waals surface area (Å²) in [6.45, 7) is 4.00. The quantitative estimate of drug-likeness (QED) is 0.752. The van der Waals surface area contributed by atoms with Gasteiger partial charge in [-0.1, -0.05) is 29.8 Å². The van der Waals surface area contributed by atoms with Crippen LogP contribution in [0.4, 0.5) is 9.80 Å². The number of carbonyl (C=O) groups is 1. The molecule has 0 bridgehead atoms. The molecule has 1 fully saturated rings. The van der Waals surface area contributed by atoms with E-state index in [1.54, 1.807) is 16.2 Å². The number of halogens is 1. The van der Waals surface area contributed by atoms with E-state index in [0.717, 1.165) is 33.1 Å². The summed E-state index contributed by atoms with van der Waals surface area (Å²) >= 11 is 8.19. The molecule has 0 spiro atoms. The van der Waals surface area contributed by atoms with Crippen LogP contribution >= 0.6 is 22.9 Å². The highest BCUT2D eigenvalue weighted by atomic mass is 35.5. The Kier molecular flexibility index (Phi) is 4.53. The smallest absolute Gasteiger partial charge is 0.410 e. The van der Waals surface area contributed by atoms with Crippen molar-refractivity contribution in [1.82, 2.24) is 4.90 Å². The van der Waals surface area contributed by atoms with Crippen molar-refractivity contribution in [2.75, 3.05) is 25.0 Å². The van der Waals surface area contributed by atoms with Crippen molar-refractivity contribution >= 4 is 39.7 Å². The number of nitrogens with one attached hydrogen (secondary N) is 1. The van der Waals surface area contributed by atoms with E-state index in [1.165, 1.54) is 5.56 Å². The number of rotatable bonds is 2. The van der Waals surface area contributed by atoms with Gasteiger partial charge in [0.05, 0.1) is 25.4 Å². The summed E-state index contributed by atoms with van der Waals surface area (Å²) in [5, 5.41) is 5.25. The largest absolute Gasteiger partial charge is 0.450 e. The maximum absolute atomic E-state index is 12.2. The molecular formula is C20H20ClN3O3S. The van der Waals surface area contributed by atoms with Crippen molar-refractivity contribution in [1.29, 1.82) is 0 Å². The molecule has 0 radical (unpaired) electrons. The second kappa shape index (κ2) is 7.06. The number of benzene rings is 1. The van der Waals surface area contributed by atoms with Gasteiger partial charge in [0.15, 0.2) is 6.23 Å². The molecule has 1 aromatic heterocycles. The van der Waals surface area contributed by atoms with Crippen molar-refractivity contribution in [3.05, 3.63) is 50.9 Å². The van der Waals surface area contributed by atoms with E-state index in [0.29, 0.717) is 31.3 Å². The molecule has 5 rings (SSSR count). The van der Waals surface area contributed by atoms with E-state index in [4.69, 9.17) is 26.1 Å². The zero-order valence-corrected chi connectivity index (χ0v) is 17.0. The normalized spacial score (nSPS) is 22.6. The molecule has 146 valence electrons. The summed E-state index contributed by atoms with van der Waals surface area (Å²) in [5.41, 5.74) is 4.18. The molecule has 0 saturated carbocycles. The van der Waals surface area contributed by atoms with E-state index >= 15 is 0 Å². The van der Waals surface area contributed by atoms with Crippen LogP contribution in [0.1, 0.15) is 28.5 Å². The molecule has 2 unspecified atom stereocenters. The van der Waals surface area contributed by atoms with Gasteiger partial charge in [0.25, 0.3) is 0 Å². The maximum Gasteiger partial charge on any atom is 0.410 e. The van der Waals surface area contributed by atoms with Gasteiger partial charge in [-0.15, -0.1) is 11.3 Å². The van der Waals surface area contributed by atoms with Gasteiger partial charge in [-0.2, -0.15) is 0 Å². The molecule has 6 nitrogen and oxygen atoms in total. The number of epoxide rings is 1. The molecule has 8 heteroatoms. The molecule has 3 aliphatic heterocycles. The number of fused-ring (bicyclic) bond motifs is 4. The van der Waals surface area contributed by atoms with Crippen LogP contribution < -0.4 is 5.32 Å². The number of nitrogens with zero attached hydrogens (tertiary/aromatic N) is 2. The summed E-state index contributed by atoms with van der Waals surface area (Å²) in [7, 11) is 0. The number of hydrogen-bond acceptors (Lipinski definition) is 6. The summed E-state index contributed by atoms with van der Waals surface area (Å²) in [6.07, 6.45) is 0.616. The van der Waals surface area contributed by atoms with Crippen molar-refractivity contribution in [3.63, 3.8) is 0 Å². The second-order valence-electron chi connectivity index (χ2n) is 6.99. The molecule has 1 aromatic carbocycles. The third-order valence-corrected chi connectivity index (χ3v) is 6.71. The van der Waals surface area contributed by atoms with Gasteiger partial charge >= 0.3 is 6.09 Å². The first-order chi connectivity index (χ1) is 13.7. The lowest BCUT2D eigenvalue weighted by atomic mass is 9.95. The monoisotopic (exact) mass is 417 g/mol. The number of amides is 1. The Morgan fingerprint density at radius 2 is 2.32 bits per heavy atom. The lowest BCUT2D eigenvalue weighted by molar-refractivity contribution is 0.103. The topological polar surface area (TPSA) is 66.5 Å². The highest BCUT2D eigenvalue weighted by Gasteiger charge is 2.42. The summed E-state index contributed by atoms with van der Waals surface area (Å²) < 4.78 is 10.9. The Morgan fingerprint density at radius 1 is 1.46 bits per heavy atom. The Labute approximate surface area is 172 Å². The SMILES string of the molecule is CCOC(=O)N1CCc2c(sc3c2C(c2ccccc2Cl)=NCC2OC2N3)C1. The van der Waals surface area contributed by atoms with Crippen LogP contribution in [0.25, 0.3) is 0 Å². The van der Waals surface area contributed by atoms with E-state index in [9.17, 15) is 4.79 Å². The van der Waals surface area contributed by atoms with E-state index < -0.39 is 0 Å². The average Bonchev–Trinajstić information content (AvgIpc) is 3.31. The molecule has 3 aliphatic rings. The Balaban J connectivity index is 1.58. The molecule has 28 heavy (non-hydrogen) atoms. The summed E-state index contributed by atoms with van der Waals surface area (Å²) in [6, 6.07) is 7.81. The minimum absolute atomic E-state index is 0.0107. The molecule has 2 atom stereocenters. The van der Waals surface area contributed by atoms with Crippen molar-refractivity contribution < 1.29 is 14.3 Å². The zero-order valence-electron chi connectivity index (χ0n) is 15.4. The lowest BCUT2D eigenvalue weighted by Crippen LogP contribution is -2.36. The summed E-state index contributed by atoms with van der Waals surface area (Å²) in [5.74, 6) is 0. The van der Waals surface area contributed by atoms with E-state index in [-0.39, 0.29) is 18.4 Å². The molecule has 1 N–H and O–H groups in total. The van der Waals surface area contributed by atoms with Crippen molar-refractivity contribution in [3.8, 4) is 0 Å². The molecular weight excluding hydrogens is 398 g/mol. The Hall–Kier alpha value is -2.09. The van der Waals surface area contributed by atoms with Crippen molar-refractivity contribution in [2.24, 2.45) is 4.99 Å². The Bertz CT molecular complexity index is 974. The van der Waals surface area contributed by atoms with Gasteiger partial charge < -0.3 is 19.7 Å². The highest BCUT2D eigenvalue weighted by Crippen LogP contribution is 2.42. The predicted octanol–water partition coefficient (Wildman–Crippen LogP) is 3.90. The summed E-state index contributed by atoms with van der Waals surface area (Å²) in [4.78, 5) is 20.0. The van der Waals surface area contributed by atoms with Gasteiger partial charge in [-0.05, 0) is 25.0 Å². The first kappa shape index (κ1) is 18.0. The molecule has 4 heterocycles. The van der Waals surface area contributed by atoms with Crippen LogP contribution in [0.15, 0.2) is 29.3 Å². The number of hydrogen-bond donors (Lipinski definition) is 1. The first-order valence-electron chi connectivity index (χ1n) is 9.43. The zero-order chi connectivity index (χ0) is 19.3. The van der Waals surface area contributed by atoms with Crippen LogP contribution in [-0.2, 0) is 22.4 Å².